The third-order valence-electron chi connectivity index (χ3n) is 3.31. The number of nitrogens with zero attached hydrogens (tertiary/aromatic N) is 1. The Bertz CT molecular complexity index is 458. The lowest BCUT2D eigenvalue weighted by molar-refractivity contribution is 0.0601. The Morgan fingerprint density at radius 1 is 1.47 bits per heavy atom. The predicted octanol–water partition coefficient (Wildman–Crippen LogP) is 1.53. The van der Waals surface area contributed by atoms with Crippen LogP contribution in [0, 0.1) is 0 Å². The van der Waals surface area contributed by atoms with Gasteiger partial charge in [-0.25, -0.2) is 4.79 Å². The number of esters is 1. The second kappa shape index (κ2) is 5.93. The molecule has 5 nitrogen and oxygen atoms in total. The zero-order valence-corrected chi connectivity index (χ0v) is 11.4. The van der Waals surface area contributed by atoms with E-state index in [2.05, 4.69) is 16.7 Å². The van der Waals surface area contributed by atoms with Gasteiger partial charge >= 0.3 is 5.97 Å². The molecule has 0 heterocycles. The number of rotatable bonds is 6. The molecule has 1 fully saturated rings. The molecule has 0 spiro atoms. The number of carbonyl (C=O) groups is 1. The standard InChI is InChI=1S/C14H20N2O3/c1-16(10-3-4-10)7-8-19-11-5-6-13(15)12(9-11)14(17)18-2/h5-6,9-10H,3-4,7-8,15H2,1-2H3. The van der Waals surface area contributed by atoms with Gasteiger partial charge in [0.05, 0.1) is 12.7 Å². The van der Waals surface area contributed by atoms with Crippen LogP contribution in [0.5, 0.6) is 5.75 Å². The highest BCUT2D eigenvalue weighted by atomic mass is 16.5. The summed E-state index contributed by atoms with van der Waals surface area (Å²) < 4.78 is 10.3. The molecule has 0 atom stereocenters. The Balaban J connectivity index is 1.90. The molecular weight excluding hydrogens is 244 g/mol. The molecule has 104 valence electrons. The average molecular weight is 264 g/mol. The summed E-state index contributed by atoms with van der Waals surface area (Å²) in [7, 11) is 3.43. The van der Waals surface area contributed by atoms with Gasteiger partial charge in [-0.3, -0.25) is 0 Å². The molecule has 1 aromatic rings. The van der Waals surface area contributed by atoms with Gasteiger partial charge in [0.2, 0.25) is 0 Å². The topological polar surface area (TPSA) is 64.8 Å². The molecule has 1 saturated carbocycles. The number of likely N-dealkylation sites (N-methyl/N-ethyl adjacent to an activating group) is 1. The number of carbonyl (C=O) groups excluding carboxylic acids is 1. The van der Waals surface area contributed by atoms with Crippen LogP contribution in [0.25, 0.3) is 0 Å². The molecule has 0 amide bonds. The predicted molar refractivity (Wildman–Crippen MR) is 73.3 cm³/mol. The van der Waals surface area contributed by atoms with Gasteiger partial charge in [0.15, 0.2) is 0 Å². The van der Waals surface area contributed by atoms with Crippen molar-refractivity contribution in [2.45, 2.75) is 18.9 Å². The zero-order valence-electron chi connectivity index (χ0n) is 11.4. The first-order valence-electron chi connectivity index (χ1n) is 6.42. The van der Waals surface area contributed by atoms with E-state index in [-0.39, 0.29) is 0 Å². The van der Waals surface area contributed by atoms with E-state index in [4.69, 9.17) is 10.5 Å². The van der Waals surface area contributed by atoms with Crippen LogP contribution in [-0.4, -0.2) is 44.2 Å². The van der Waals surface area contributed by atoms with Crippen molar-refractivity contribution in [2.75, 3.05) is 33.0 Å². The first-order chi connectivity index (χ1) is 9.11. The van der Waals surface area contributed by atoms with Crippen molar-refractivity contribution in [1.29, 1.82) is 0 Å². The van der Waals surface area contributed by atoms with Crippen LogP contribution in [-0.2, 0) is 4.74 Å². The van der Waals surface area contributed by atoms with Gasteiger partial charge in [0.25, 0.3) is 0 Å². The summed E-state index contributed by atoms with van der Waals surface area (Å²) in [6.45, 7) is 1.47. The summed E-state index contributed by atoms with van der Waals surface area (Å²) in [4.78, 5) is 13.8. The minimum atomic E-state index is -0.446. The number of ether oxygens (including phenoxy) is 2. The van der Waals surface area contributed by atoms with Crippen molar-refractivity contribution in [1.82, 2.24) is 4.90 Å². The van der Waals surface area contributed by atoms with Crippen LogP contribution in [0.4, 0.5) is 5.69 Å². The number of nitrogen functional groups attached to an aromatic ring is 1. The third kappa shape index (κ3) is 3.61. The van der Waals surface area contributed by atoms with Crippen molar-refractivity contribution < 1.29 is 14.3 Å². The Kier molecular flexibility index (Phi) is 4.27. The fraction of sp³-hybridized carbons (Fsp3) is 0.500. The Hall–Kier alpha value is -1.75. The van der Waals surface area contributed by atoms with Crippen LogP contribution < -0.4 is 10.5 Å². The van der Waals surface area contributed by atoms with E-state index in [0.29, 0.717) is 23.6 Å². The minimum Gasteiger partial charge on any atom is -0.492 e. The number of hydrogen-bond donors (Lipinski definition) is 1. The molecule has 0 radical (unpaired) electrons. The van der Waals surface area contributed by atoms with Gasteiger partial charge in [0, 0.05) is 18.3 Å². The van der Waals surface area contributed by atoms with Crippen molar-refractivity contribution >= 4 is 11.7 Å². The molecule has 19 heavy (non-hydrogen) atoms. The van der Waals surface area contributed by atoms with Crippen LogP contribution in [0.3, 0.4) is 0 Å². The van der Waals surface area contributed by atoms with Crippen molar-refractivity contribution in [2.24, 2.45) is 0 Å². The molecule has 0 saturated heterocycles. The van der Waals surface area contributed by atoms with Crippen molar-refractivity contribution in [3.05, 3.63) is 23.8 Å². The Labute approximate surface area is 113 Å². The normalized spacial score (nSPS) is 14.5. The maximum atomic E-state index is 11.5. The van der Waals surface area contributed by atoms with Gasteiger partial charge in [-0.05, 0) is 38.1 Å². The molecule has 2 rings (SSSR count). The van der Waals surface area contributed by atoms with E-state index >= 15 is 0 Å². The first kappa shape index (κ1) is 13.7. The molecule has 5 heteroatoms. The highest BCUT2D eigenvalue weighted by Crippen LogP contribution is 2.25. The molecule has 1 aliphatic rings. The first-order valence-corrected chi connectivity index (χ1v) is 6.42. The monoisotopic (exact) mass is 264 g/mol. The van der Waals surface area contributed by atoms with Gasteiger partial charge in [-0.1, -0.05) is 0 Å². The molecule has 1 aromatic carbocycles. The summed E-state index contributed by atoms with van der Waals surface area (Å²) in [5.41, 5.74) is 6.47. The van der Waals surface area contributed by atoms with Crippen LogP contribution in [0.2, 0.25) is 0 Å². The second-order valence-electron chi connectivity index (χ2n) is 4.80. The van der Waals surface area contributed by atoms with Gasteiger partial charge in [-0.2, -0.15) is 0 Å². The van der Waals surface area contributed by atoms with E-state index in [9.17, 15) is 4.79 Å². The third-order valence-corrected chi connectivity index (χ3v) is 3.31. The molecule has 1 aliphatic carbocycles. The van der Waals surface area contributed by atoms with Gasteiger partial charge < -0.3 is 20.1 Å². The Morgan fingerprint density at radius 3 is 2.84 bits per heavy atom. The lowest BCUT2D eigenvalue weighted by Gasteiger charge is -2.16. The SMILES string of the molecule is COC(=O)c1cc(OCCN(C)C2CC2)ccc1N. The van der Waals surface area contributed by atoms with E-state index < -0.39 is 5.97 Å². The molecule has 0 bridgehead atoms. The lowest BCUT2D eigenvalue weighted by atomic mass is 10.2. The highest BCUT2D eigenvalue weighted by Gasteiger charge is 2.25. The lowest BCUT2D eigenvalue weighted by Crippen LogP contribution is -2.26. The summed E-state index contributed by atoms with van der Waals surface area (Å²) in [5, 5.41) is 0. The fourth-order valence-corrected chi connectivity index (χ4v) is 1.92. The van der Waals surface area contributed by atoms with E-state index in [1.165, 1.54) is 20.0 Å². The maximum Gasteiger partial charge on any atom is 0.340 e. The van der Waals surface area contributed by atoms with Crippen LogP contribution >= 0.6 is 0 Å². The molecule has 2 N–H and O–H groups in total. The largest absolute Gasteiger partial charge is 0.492 e. The number of hydrogen-bond acceptors (Lipinski definition) is 5. The average Bonchev–Trinajstić information content (AvgIpc) is 3.24. The molecule has 0 aliphatic heterocycles. The number of anilines is 1. The van der Waals surface area contributed by atoms with E-state index in [1.807, 2.05) is 0 Å². The number of benzene rings is 1. The second-order valence-corrected chi connectivity index (χ2v) is 4.80. The quantitative estimate of drug-likeness (QED) is 0.623. The summed E-state index contributed by atoms with van der Waals surface area (Å²) >= 11 is 0. The minimum absolute atomic E-state index is 0.343. The number of methoxy groups -OCH3 is 1. The maximum absolute atomic E-state index is 11.5. The van der Waals surface area contributed by atoms with E-state index in [0.717, 1.165) is 12.6 Å². The fourth-order valence-electron chi connectivity index (χ4n) is 1.92. The summed E-state index contributed by atoms with van der Waals surface area (Å²) in [6.07, 6.45) is 2.57. The molecular formula is C14H20N2O3. The number of nitrogens with two attached hydrogens (primary N) is 1. The van der Waals surface area contributed by atoms with Crippen molar-refractivity contribution in [3.8, 4) is 5.75 Å². The summed E-state index contributed by atoms with van der Waals surface area (Å²) in [6, 6.07) is 5.77. The smallest absolute Gasteiger partial charge is 0.340 e. The summed E-state index contributed by atoms with van der Waals surface area (Å²) in [5.74, 6) is 0.192. The van der Waals surface area contributed by atoms with Crippen LogP contribution in [0.15, 0.2) is 18.2 Å². The van der Waals surface area contributed by atoms with Crippen LogP contribution in [0.1, 0.15) is 23.2 Å². The molecule has 0 unspecified atom stereocenters. The van der Waals surface area contributed by atoms with Crippen molar-refractivity contribution in [3.63, 3.8) is 0 Å². The zero-order chi connectivity index (χ0) is 13.8. The van der Waals surface area contributed by atoms with Gasteiger partial charge in [-0.15, -0.1) is 0 Å². The van der Waals surface area contributed by atoms with Gasteiger partial charge in [0.1, 0.15) is 12.4 Å². The Morgan fingerprint density at radius 2 is 2.21 bits per heavy atom. The van der Waals surface area contributed by atoms with E-state index in [1.54, 1.807) is 18.2 Å². The highest BCUT2D eigenvalue weighted by molar-refractivity contribution is 5.95. The molecule has 0 aromatic heterocycles.